The normalized spacial score (nSPS) is 18.4. The summed E-state index contributed by atoms with van der Waals surface area (Å²) in [6.45, 7) is 4.80. The van der Waals surface area contributed by atoms with E-state index in [2.05, 4.69) is 6.92 Å². The molecule has 1 saturated heterocycles. The number of hydrogen-bond acceptors (Lipinski definition) is 4. The molecular formula is C16H26N2O4S2. The third-order valence-corrected chi connectivity index (χ3v) is 8.07. The van der Waals surface area contributed by atoms with Crippen LogP contribution in [-0.4, -0.2) is 57.4 Å². The van der Waals surface area contributed by atoms with Gasteiger partial charge in [-0.05, 0) is 37.5 Å². The van der Waals surface area contributed by atoms with Gasteiger partial charge in [0.1, 0.15) is 0 Å². The SMILES string of the molecule is CCCc1ccc(S(=O)(=O)N2CCCN(S(=O)(=O)CC)CC2)cc1. The summed E-state index contributed by atoms with van der Waals surface area (Å²) >= 11 is 0. The lowest BCUT2D eigenvalue weighted by molar-refractivity contribution is 0.405. The number of benzene rings is 1. The Hall–Kier alpha value is -0.960. The van der Waals surface area contributed by atoms with Crippen LogP contribution in [0.5, 0.6) is 0 Å². The molecule has 0 spiro atoms. The minimum absolute atomic E-state index is 0.0403. The first-order valence-electron chi connectivity index (χ1n) is 8.38. The van der Waals surface area contributed by atoms with E-state index in [1.54, 1.807) is 19.1 Å². The summed E-state index contributed by atoms with van der Waals surface area (Å²) in [7, 11) is -6.86. The molecule has 1 heterocycles. The number of sulfonamides is 2. The molecule has 0 aromatic heterocycles. The molecule has 1 aliphatic heterocycles. The van der Waals surface area contributed by atoms with E-state index in [9.17, 15) is 16.8 Å². The molecule has 0 N–H and O–H groups in total. The van der Waals surface area contributed by atoms with Gasteiger partial charge in [-0.1, -0.05) is 25.5 Å². The predicted molar refractivity (Wildman–Crippen MR) is 94.8 cm³/mol. The van der Waals surface area contributed by atoms with Crippen molar-refractivity contribution in [1.82, 2.24) is 8.61 Å². The number of aryl methyl sites for hydroxylation is 1. The van der Waals surface area contributed by atoms with Gasteiger partial charge in [0.25, 0.3) is 0 Å². The van der Waals surface area contributed by atoms with E-state index in [1.807, 2.05) is 12.1 Å². The van der Waals surface area contributed by atoms with Crippen molar-refractivity contribution in [2.24, 2.45) is 0 Å². The summed E-state index contributed by atoms with van der Waals surface area (Å²) in [5.74, 6) is 0.0403. The average molecular weight is 375 g/mol. The van der Waals surface area contributed by atoms with Crippen molar-refractivity contribution in [2.45, 2.75) is 38.0 Å². The molecule has 2 rings (SSSR count). The molecule has 0 amide bonds. The highest BCUT2D eigenvalue weighted by atomic mass is 32.2. The van der Waals surface area contributed by atoms with Gasteiger partial charge >= 0.3 is 0 Å². The zero-order valence-corrected chi connectivity index (χ0v) is 15.9. The molecule has 1 fully saturated rings. The third-order valence-electron chi connectivity index (χ3n) is 4.27. The smallest absolute Gasteiger partial charge is 0.212 e. The Bertz CT molecular complexity index is 743. The molecule has 1 aliphatic rings. The van der Waals surface area contributed by atoms with Crippen molar-refractivity contribution in [3.05, 3.63) is 29.8 Å². The van der Waals surface area contributed by atoms with Crippen molar-refractivity contribution in [2.75, 3.05) is 31.9 Å². The molecule has 24 heavy (non-hydrogen) atoms. The van der Waals surface area contributed by atoms with Crippen LogP contribution in [0.3, 0.4) is 0 Å². The van der Waals surface area contributed by atoms with Crippen LogP contribution in [0.15, 0.2) is 29.2 Å². The first-order chi connectivity index (χ1) is 11.3. The fourth-order valence-corrected chi connectivity index (χ4v) is 5.44. The van der Waals surface area contributed by atoms with E-state index in [4.69, 9.17) is 0 Å². The molecule has 1 aromatic carbocycles. The number of nitrogens with zero attached hydrogens (tertiary/aromatic N) is 2. The summed E-state index contributed by atoms with van der Waals surface area (Å²) in [6.07, 6.45) is 2.44. The molecule has 0 unspecified atom stereocenters. The van der Waals surface area contributed by atoms with Crippen LogP contribution in [0.4, 0.5) is 0 Å². The Morgan fingerprint density at radius 3 is 2.04 bits per heavy atom. The molecule has 0 radical (unpaired) electrons. The van der Waals surface area contributed by atoms with E-state index in [1.165, 1.54) is 8.61 Å². The molecule has 1 aromatic rings. The molecule has 0 saturated carbocycles. The molecule has 0 aliphatic carbocycles. The van der Waals surface area contributed by atoms with Gasteiger partial charge in [0.15, 0.2) is 0 Å². The average Bonchev–Trinajstić information content (AvgIpc) is 2.83. The molecule has 0 atom stereocenters. The Balaban J connectivity index is 2.15. The largest absolute Gasteiger partial charge is 0.243 e. The molecule has 8 heteroatoms. The number of rotatable bonds is 6. The van der Waals surface area contributed by atoms with Crippen molar-refractivity contribution in [3.8, 4) is 0 Å². The fourth-order valence-electron chi connectivity index (χ4n) is 2.84. The maximum Gasteiger partial charge on any atom is 0.243 e. The van der Waals surface area contributed by atoms with Gasteiger partial charge in [0.2, 0.25) is 20.0 Å². The zero-order valence-electron chi connectivity index (χ0n) is 14.3. The quantitative estimate of drug-likeness (QED) is 0.759. The van der Waals surface area contributed by atoms with Gasteiger partial charge in [-0.2, -0.15) is 4.31 Å². The second kappa shape index (κ2) is 7.95. The first kappa shape index (κ1) is 19.4. The van der Waals surface area contributed by atoms with Crippen LogP contribution < -0.4 is 0 Å². The van der Waals surface area contributed by atoms with Gasteiger partial charge in [-0.3, -0.25) is 0 Å². The van der Waals surface area contributed by atoms with E-state index in [0.717, 1.165) is 18.4 Å². The lowest BCUT2D eigenvalue weighted by atomic mass is 10.1. The minimum Gasteiger partial charge on any atom is -0.212 e. The Kier molecular flexibility index (Phi) is 6.41. The summed E-state index contributed by atoms with van der Waals surface area (Å²) in [5.41, 5.74) is 1.12. The maximum atomic E-state index is 12.8. The van der Waals surface area contributed by atoms with Crippen molar-refractivity contribution >= 4 is 20.0 Å². The van der Waals surface area contributed by atoms with E-state index in [-0.39, 0.29) is 23.7 Å². The Labute approximate surface area is 145 Å². The minimum atomic E-state index is -3.58. The van der Waals surface area contributed by atoms with Crippen molar-refractivity contribution in [3.63, 3.8) is 0 Å². The van der Waals surface area contributed by atoms with Gasteiger partial charge < -0.3 is 0 Å². The second-order valence-corrected chi connectivity index (χ2v) is 10.1. The standard InChI is InChI=1S/C16H26N2O4S2/c1-3-6-15-7-9-16(10-8-15)24(21,22)18-12-5-11-17(13-14-18)23(19,20)4-2/h7-10H,3-6,11-14H2,1-2H3. The van der Waals surface area contributed by atoms with Crippen LogP contribution in [0.2, 0.25) is 0 Å². The third kappa shape index (κ3) is 4.36. The van der Waals surface area contributed by atoms with E-state index in [0.29, 0.717) is 19.5 Å². The van der Waals surface area contributed by atoms with Crippen molar-refractivity contribution in [1.29, 1.82) is 0 Å². The zero-order chi connectivity index (χ0) is 17.8. The van der Waals surface area contributed by atoms with E-state index >= 15 is 0 Å². The summed E-state index contributed by atoms with van der Waals surface area (Å²) in [5, 5.41) is 0. The highest BCUT2D eigenvalue weighted by molar-refractivity contribution is 7.89. The highest BCUT2D eigenvalue weighted by Gasteiger charge is 2.30. The van der Waals surface area contributed by atoms with Gasteiger partial charge in [0.05, 0.1) is 10.6 Å². The maximum absolute atomic E-state index is 12.8. The Morgan fingerprint density at radius 1 is 0.875 bits per heavy atom. The highest BCUT2D eigenvalue weighted by Crippen LogP contribution is 2.19. The van der Waals surface area contributed by atoms with E-state index < -0.39 is 20.0 Å². The lowest BCUT2D eigenvalue weighted by Gasteiger charge is -2.21. The summed E-state index contributed by atoms with van der Waals surface area (Å²) in [4.78, 5) is 0.272. The molecule has 0 bridgehead atoms. The van der Waals surface area contributed by atoms with Crippen LogP contribution in [-0.2, 0) is 26.5 Å². The monoisotopic (exact) mass is 374 g/mol. The molecule has 136 valence electrons. The van der Waals surface area contributed by atoms with Gasteiger partial charge in [-0.25, -0.2) is 21.1 Å². The van der Waals surface area contributed by atoms with Crippen molar-refractivity contribution < 1.29 is 16.8 Å². The topological polar surface area (TPSA) is 74.8 Å². The second-order valence-electron chi connectivity index (χ2n) is 5.95. The fraction of sp³-hybridized carbons (Fsp3) is 0.625. The van der Waals surface area contributed by atoms with Crippen LogP contribution >= 0.6 is 0 Å². The Morgan fingerprint density at radius 2 is 1.46 bits per heavy atom. The van der Waals surface area contributed by atoms with Crippen LogP contribution in [0, 0.1) is 0 Å². The predicted octanol–water partition coefficient (Wildman–Crippen LogP) is 1.69. The summed E-state index contributed by atoms with van der Waals surface area (Å²) < 4.78 is 52.4. The summed E-state index contributed by atoms with van der Waals surface area (Å²) in [6, 6.07) is 6.99. The van der Waals surface area contributed by atoms with Crippen LogP contribution in [0.25, 0.3) is 0 Å². The number of hydrogen-bond donors (Lipinski definition) is 0. The molecule has 6 nitrogen and oxygen atoms in total. The lowest BCUT2D eigenvalue weighted by Crippen LogP contribution is -2.37. The van der Waals surface area contributed by atoms with Gasteiger partial charge in [0, 0.05) is 26.2 Å². The van der Waals surface area contributed by atoms with Crippen LogP contribution in [0.1, 0.15) is 32.3 Å². The first-order valence-corrected chi connectivity index (χ1v) is 11.4. The molecular weight excluding hydrogens is 348 g/mol. The van der Waals surface area contributed by atoms with Gasteiger partial charge in [-0.15, -0.1) is 0 Å².